The van der Waals surface area contributed by atoms with Gasteiger partial charge in [0.2, 0.25) is 5.91 Å². The van der Waals surface area contributed by atoms with Crippen LogP contribution in [0.2, 0.25) is 0 Å². The van der Waals surface area contributed by atoms with Crippen molar-refractivity contribution in [2.45, 2.75) is 25.7 Å². The molecule has 1 aromatic carbocycles. The Hall–Kier alpha value is -1.82. The summed E-state index contributed by atoms with van der Waals surface area (Å²) in [7, 11) is 0. The van der Waals surface area contributed by atoms with Crippen molar-refractivity contribution >= 4 is 5.91 Å². The second-order valence-corrected chi connectivity index (χ2v) is 4.51. The first-order chi connectivity index (χ1) is 8.75. The molecule has 0 spiro atoms. The lowest BCUT2D eigenvalue weighted by molar-refractivity contribution is -0.124. The minimum atomic E-state index is -0.268. The van der Waals surface area contributed by atoms with E-state index in [9.17, 15) is 9.18 Å². The molecule has 0 radical (unpaired) electrons. The van der Waals surface area contributed by atoms with E-state index in [2.05, 4.69) is 17.2 Å². The maximum absolute atomic E-state index is 12.6. The van der Waals surface area contributed by atoms with Crippen molar-refractivity contribution in [2.24, 2.45) is 5.92 Å². The molecule has 0 heterocycles. The summed E-state index contributed by atoms with van der Waals surface area (Å²) in [6.07, 6.45) is 4.30. The Labute approximate surface area is 107 Å². The van der Waals surface area contributed by atoms with Crippen molar-refractivity contribution in [1.29, 1.82) is 0 Å². The predicted molar refractivity (Wildman–Crippen MR) is 68.2 cm³/mol. The Kier molecular flexibility index (Phi) is 4.35. The van der Waals surface area contributed by atoms with E-state index in [1.165, 1.54) is 12.1 Å². The van der Waals surface area contributed by atoms with Gasteiger partial charge >= 0.3 is 0 Å². The summed E-state index contributed by atoms with van der Waals surface area (Å²) in [4.78, 5) is 11.7. The van der Waals surface area contributed by atoms with Crippen molar-refractivity contribution < 1.29 is 9.18 Å². The van der Waals surface area contributed by atoms with Crippen molar-refractivity contribution in [2.75, 3.05) is 6.54 Å². The van der Waals surface area contributed by atoms with E-state index in [0.29, 0.717) is 6.54 Å². The Morgan fingerprint density at radius 1 is 1.28 bits per heavy atom. The first kappa shape index (κ1) is 12.6. The summed E-state index contributed by atoms with van der Waals surface area (Å²) >= 11 is 0. The standard InChI is InChI=1S/C15H16FNO/c16-14-9-7-12(8-10-14)4-3-11-17-15(18)13-5-1-2-6-13/h7-10,13H,1-2,5-6,11H2,(H,17,18). The minimum Gasteiger partial charge on any atom is -0.345 e. The molecule has 0 aromatic heterocycles. The number of carbonyl (C=O) groups excluding carboxylic acids is 1. The van der Waals surface area contributed by atoms with Gasteiger partial charge in [0.05, 0.1) is 6.54 Å². The number of hydrogen-bond acceptors (Lipinski definition) is 1. The number of amides is 1. The summed E-state index contributed by atoms with van der Waals surface area (Å²) in [5.41, 5.74) is 0.756. The number of rotatable bonds is 2. The lowest BCUT2D eigenvalue weighted by atomic mass is 10.1. The zero-order valence-corrected chi connectivity index (χ0v) is 10.2. The Morgan fingerprint density at radius 3 is 2.61 bits per heavy atom. The molecule has 3 heteroatoms. The molecule has 1 aliphatic rings. The summed E-state index contributed by atoms with van der Waals surface area (Å²) in [5.74, 6) is 5.78. The smallest absolute Gasteiger partial charge is 0.223 e. The molecule has 2 rings (SSSR count). The molecule has 1 aliphatic carbocycles. The molecule has 18 heavy (non-hydrogen) atoms. The van der Waals surface area contributed by atoms with Crippen LogP contribution in [0, 0.1) is 23.6 Å². The highest BCUT2D eigenvalue weighted by Gasteiger charge is 2.21. The van der Waals surface area contributed by atoms with Crippen LogP contribution in [0.4, 0.5) is 4.39 Å². The van der Waals surface area contributed by atoms with Crippen LogP contribution in [0.1, 0.15) is 31.2 Å². The van der Waals surface area contributed by atoms with E-state index < -0.39 is 0 Å². The average Bonchev–Trinajstić information content (AvgIpc) is 2.90. The number of nitrogens with one attached hydrogen (secondary N) is 1. The first-order valence-electron chi connectivity index (χ1n) is 6.28. The predicted octanol–water partition coefficient (Wildman–Crippen LogP) is 2.48. The Balaban J connectivity index is 1.78. The molecule has 0 atom stereocenters. The van der Waals surface area contributed by atoms with Crippen LogP contribution in [-0.2, 0) is 4.79 Å². The molecule has 94 valence electrons. The summed E-state index contributed by atoms with van der Waals surface area (Å²) in [6.45, 7) is 0.354. The van der Waals surface area contributed by atoms with Gasteiger partial charge in [-0.3, -0.25) is 4.79 Å². The SMILES string of the molecule is O=C(NCC#Cc1ccc(F)cc1)C1CCCC1. The van der Waals surface area contributed by atoms with E-state index in [4.69, 9.17) is 0 Å². The lowest BCUT2D eigenvalue weighted by Gasteiger charge is -2.07. The highest BCUT2D eigenvalue weighted by Crippen LogP contribution is 2.24. The number of carbonyl (C=O) groups is 1. The van der Waals surface area contributed by atoms with E-state index in [1.54, 1.807) is 12.1 Å². The highest BCUT2D eigenvalue weighted by molar-refractivity contribution is 5.79. The summed E-state index contributed by atoms with van der Waals surface area (Å²) in [5, 5.41) is 2.82. The van der Waals surface area contributed by atoms with Crippen molar-refractivity contribution in [3.05, 3.63) is 35.6 Å². The third-order valence-corrected chi connectivity index (χ3v) is 3.15. The van der Waals surface area contributed by atoms with Crippen LogP contribution >= 0.6 is 0 Å². The molecule has 1 aromatic rings. The fraction of sp³-hybridized carbons (Fsp3) is 0.400. The quantitative estimate of drug-likeness (QED) is 0.797. The lowest BCUT2D eigenvalue weighted by Crippen LogP contribution is -2.29. The van der Waals surface area contributed by atoms with Gasteiger partial charge in [0.1, 0.15) is 5.82 Å². The maximum atomic E-state index is 12.6. The largest absolute Gasteiger partial charge is 0.345 e. The molecule has 0 aliphatic heterocycles. The van der Waals surface area contributed by atoms with Crippen LogP contribution in [0.25, 0.3) is 0 Å². The van der Waals surface area contributed by atoms with Gasteiger partial charge in [-0.05, 0) is 37.1 Å². The molecule has 0 saturated heterocycles. The van der Waals surface area contributed by atoms with Gasteiger partial charge in [-0.25, -0.2) is 4.39 Å². The van der Waals surface area contributed by atoms with E-state index in [-0.39, 0.29) is 17.6 Å². The van der Waals surface area contributed by atoms with Gasteiger partial charge < -0.3 is 5.32 Å². The highest BCUT2D eigenvalue weighted by atomic mass is 19.1. The average molecular weight is 245 g/mol. The molecular weight excluding hydrogens is 229 g/mol. The van der Waals surface area contributed by atoms with Gasteiger partial charge in [-0.2, -0.15) is 0 Å². The van der Waals surface area contributed by atoms with Crippen molar-refractivity contribution in [3.63, 3.8) is 0 Å². The molecular formula is C15H16FNO. The van der Waals surface area contributed by atoms with Gasteiger partial charge in [0, 0.05) is 11.5 Å². The number of hydrogen-bond donors (Lipinski definition) is 1. The number of halogens is 1. The second kappa shape index (κ2) is 6.20. The van der Waals surface area contributed by atoms with Gasteiger partial charge in [-0.15, -0.1) is 0 Å². The molecule has 1 amide bonds. The van der Waals surface area contributed by atoms with Crippen LogP contribution in [-0.4, -0.2) is 12.5 Å². The van der Waals surface area contributed by atoms with E-state index >= 15 is 0 Å². The minimum absolute atomic E-state index is 0.112. The van der Waals surface area contributed by atoms with Crippen molar-refractivity contribution in [3.8, 4) is 11.8 Å². The van der Waals surface area contributed by atoms with Crippen LogP contribution in [0.5, 0.6) is 0 Å². The molecule has 1 fully saturated rings. The third kappa shape index (κ3) is 3.59. The number of benzene rings is 1. The Morgan fingerprint density at radius 2 is 1.94 bits per heavy atom. The van der Waals surface area contributed by atoms with Gasteiger partial charge in [-0.1, -0.05) is 24.7 Å². The molecule has 1 saturated carbocycles. The molecule has 0 bridgehead atoms. The van der Waals surface area contributed by atoms with Crippen LogP contribution < -0.4 is 5.32 Å². The van der Waals surface area contributed by atoms with E-state index in [1.807, 2.05) is 0 Å². The zero-order chi connectivity index (χ0) is 12.8. The maximum Gasteiger partial charge on any atom is 0.223 e. The van der Waals surface area contributed by atoms with E-state index in [0.717, 1.165) is 31.2 Å². The van der Waals surface area contributed by atoms with Gasteiger partial charge in [0.25, 0.3) is 0 Å². The van der Waals surface area contributed by atoms with Crippen LogP contribution in [0.3, 0.4) is 0 Å². The third-order valence-electron chi connectivity index (χ3n) is 3.15. The molecule has 1 N–H and O–H groups in total. The van der Waals surface area contributed by atoms with Gasteiger partial charge in [0.15, 0.2) is 0 Å². The topological polar surface area (TPSA) is 29.1 Å². The fourth-order valence-corrected chi connectivity index (χ4v) is 2.14. The zero-order valence-electron chi connectivity index (χ0n) is 10.2. The van der Waals surface area contributed by atoms with Crippen molar-refractivity contribution in [1.82, 2.24) is 5.32 Å². The van der Waals surface area contributed by atoms with Crippen LogP contribution in [0.15, 0.2) is 24.3 Å². The normalized spacial score (nSPS) is 14.9. The molecule has 2 nitrogen and oxygen atoms in total. The summed E-state index contributed by atoms with van der Waals surface area (Å²) in [6, 6.07) is 6.00. The summed E-state index contributed by atoms with van der Waals surface area (Å²) < 4.78 is 12.6. The molecule has 0 unspecified atom stereocenters. The first-order valence-corrected chi connectivity index (χ1v) is 6.28. The monoisotopic (exact) mass is 245 g/mol. The Bertz CT molecular complexity index is 464. The second-order valence-electron chi connectivity index (χ2n) is 4.51. The fourth-order valence-electron chi connectivity index (χ4n) is 2.14.